The van der Waals surface area contributed by atoms with Gasteiger partial charge < -0.3 is 15.5 Å². The zero-order valence-corrected chi connectivity index (χ0v) is 13.3. The Bertz CT molecular complexity index is 380. The van der Waals surface area contributed by atoms with Crippen molar-refractivity contribution in [1.29, 1.82) is 0 Å². The van der Waals surface area contributed by atoms with Crippen molar-refractivity contribution in [3.8, 4) is 0 Å². The predicted molar refractivity (Wildman–Crippen MR) is 81.9 cm³/mol. The summed E-state index contributed by atoms with van der Waals surface area (Å²) in [6, 6.07) is 0. The average molecular weight is 296 g/mol. The summed E-state index contributed by atoms with van der Waals surface area (Å²) in [5.41, 5.74) is 0.386. The van der Waals surface area contributed by atoms with Crippen LogP contribution in [0.5, 0.6) is 0 Å². The Morgan fingerprint density at radius 1 is 1.38 bits per heavy atom. The molecule has 0 radical (unpaired) electrons. The summed E-state index contributed by atoms with van der Waals surface area (Å²) in [7, 11) is 1.71. The van der Waals surface area contributed by atoms with Gasteiger partial charge in [0, 0.05) is 26.7 Å². The molecule has 21 heavy (non-hydrogen) atoms. The van der Waals surface area contributed by atoms with Crippen LogP contribution < -0.4 is 10.6 Å². The number of nitrogens with zero attached hydrogens (tertiary/aromatic N) is 2. The highest BCUT2D eigenvalue weighted by molar-refractivity contribution is 5.85. The molecule has 2 saturated heterocycles. The maximum absolute atomic E-state index is 12.2. The molecule has 2 rings (SSSR count). The summed E-state index contributed by atoms with van der Waals surface area (Å²) < 4.78 is 0. The van der Waals surface area contributed by atoms with E-state index in [1.54, 1.807) is 7.05 Å². The molecule has 2 fully saturated rings. The van der Waals surface area contributed by atoms with E-state index in [4.69, 9.17) is 0 Å². The molecule has 0 aromatic carbocycles. The van der Waals surface area contributed by atoms with Gasteiger partial charge in [-0.25, -0.2) is 0 Å². The molecule has 6 nitrogen and oxygen atoms in total. The fourth-order valence-electron chi connectivity index (χ4n) is 3.24. The maximum atomic E-state index is 12.2. The van der Waals surface area contributed by atoms with Gasteiger partial charge >= 0.3 is 0 Å². The molecule has 2 aliphatic rings. The molecule has 2 aliphatic heterocycles. The van der Waals surface area contributed by atoms with Gasteiger partial charge in [0.05, 0.1) is 13.1 Å². The van der Waals surface area contributed by atoms with Crippen molar-refractivity contribution >= 4 is 11.8 Å². The summed E-state index contributed by atoms with van der Waals surface area (Å²) >= 11 is 0. The fourth-order valence-corrected chi connectivity index (χ4v) is 3.24. The molecular weight excluding hydrogens is 268 g/mol. The van der Waals surface area contributed by atoms with E-state index in [0.29, 0.717) is 18.5 Å². The second-order valence-electron chi connectivity index (χ2n) is 6.49. The Balaban J connectivity index is 1.72. The topological polar surface area (TPSA) is 64.7 Å². The van der Waals surface area contributed by atoms with E-state index in [9.17, 15) is 9.59 Å². The maximum Gasteiger partial charge on any atom is 0.239 e. The molecule has 0 saturated carbocycles. The molecule has 1 unspecified atom stereocenters. The number of likely N-dealkylation sites (tertiary alicyclic amines) is 1. The lowest BCUT2D eigenvalue weighted by molar-refractivity contribution is -0.135. The van der Waals surface area contributed by atoms with Gasteiger partial charge in [0.25, 0.3) is 0 Å². The van der Waals surface area contributed by atoms with Crippen molar-refractivity contribution in [3.63, 3.8) is 0 Å². The predicted octanol–water partition coefficient (Wildman–Crippen LogP) is -0.344. The molecule has 0 aromatic rings. The number of nitrogens with one attached hydrogen (secondary N) is 2. The molecule has 0 bridgehead atoms. The van der Waals surface area contributed by atoms with Crippen LogP contribution in [0.25, 0.3) is 0 Å². The van der Waals surface area contributed by atoms with Crippen LogP contribution >= 0.6 is 0 Å². The average Bonchev–Trinajstić information content (AvgIpc) is 3.07. The van der Waals surface area contributed by atoms with E-state index in [-0.39, 0.29) is 18.4 Å². The molecule has 2 heterocycles. The summed E-state index contributed by atoms with van der Waals surface area (Å²) in [5, 5.41) is 6.22. The summed E-state index contributed by atoms with van der Waals surface area (Å²) in [5.74, 6) is -0.0461. The van der Waals surface area contributed by atoms with Crippen molar-refractivity contribution in [3.05, 3.63) is 0 Å². The van der Waals surface area contributed by atoms with E-state index in [2.05, 4.69) is 15.5 Å². The highest BCUT2D eigenvalue weighted by Crippen LogP contribution is 2.35. The normalized spacial score (nSPS) is 25.4. The summed E-state index contributed by atoms with van der Waals surface area (Å²) in [6.07, 6.45) is 3.30. The SMILES string of the molecule is CCCNC(=O)CN(C)C(=O)CN1CCC2(CCNC2)C1. The van der Waals surface area contributed by atoms with Crippen LogP contribution in [0.15, 0.2) is 0 Å². The van der Waals surface area contributed by atoms with Crippen molar-refractivity contribution in [2.75, 3.05) is 52.9 Å². The van der Waals surface area contributed by atoms with Crippen molar-refractivity contribution < 1.29 is 9.59 Å². The monoisotopic (exact) mass is 296 g/mol. The third-order valence-corrected chi connectivity index (χ3v) is 4.59. The van der Waals surface area contributed by atoms with Crippen molar-refractivity contribution in [2.24, 2.45) is 5.41 Å². The molecule has 6 heteroatoms. The third-order valence-electron chi connectivity index (χ3n) is 4.59. The third kappa shape index (κ3) is 4.41. The van der Waals surface area contributed by atoms with E-state index in [0.717, 1.165) is 32.6 Å². The van der Waals surface area contributed by atoms with E-state index >= 15 is 0 Å². The molecular formula is C15H28N4O2. The molecule has 0 aliphatic carbocycles. The fraction of sp³-hybridized carbons (Fsp3) is 0.867. The Kier molecular flexibility index (Phi) is 5.58. The van der Waals surface area contributed by atoms with Gasteiger partial charge in [0.1, 0.15) is 0 Å². The number of amides is 2. The number of likely N-dealkylation sites (N-methyl/N-ethyl adjacent to an activating group) is 1. The largest absolute Gasteiger partial charge is 0.355 e. The number of hydrogen-bond donors (Lipinski definition) is 2. The van der Waals surface area contributed by atoms with Gasteiger partial charge in [-0.1, -0.05) is 6.92 Å². The van der Waals surface area contributed by atoms with Gasteiger partial charge in [-0.05, 0) is 37.8 Å². The Morgan fingerprint density at radius 2 is 2.19 bits per heavy atom. The van der Waals surface area contributed by atoms with Crippen molar-refractivity contribution in [2.45, 2.75) is 26.2 Å². The first-order valence-corrected chi connectivity index (χ1v) is 7.98. The molecule has 1 atom stereocenters. The molecule has 0 aromatic heterocycles. The number of carbonyl (C=O) groups excluding carboxylic acids is 2. The van der Waals surface area contributed by atoms with E-state index in [1.165, 1.54) is 17.7 Å². The molecule has 2 amide bonds. The van der Waals surface area contributed by atoms with Gasteiger partial charge in [-0.3, -0.25) is 14.5 Å². The zero-order chi connectivity index (χ0) is 15.3. The molecule has 2 N–H and O–H groups in total. The minimum absolute atomic E-state index is 0.0321. The van der Waals surface area contributed by atoms with Gasteiger partial charge in [0.15, 0.2) is 0 Å². The molecule has 120 valence electrons. The Hall–Kier alpha value is -1.14. The van der Waals surface area contributed by atoms with Crippen LogP contribution in [0.1, 0.15) is 26.2 Å². The van der Waals surface area contributed by atoms with Crippen LogP contribution in [0.2, 0.25) is 0 Å². The minimum atomic E-state index is -0.0782. The van der Waals surface area contributed by atoms with Crippen LogP contribution in [-0.2, 0) is 9.59 Å². The second-order valence-corrected chi connectivity index (χ2v) is 6.49. The quantitative estimate of drug-likeness (QED) is 0.704. The summed E-state index contributed by atoms with van der Waals surface area (Å²) in [6.45, 7) is 7.43. The lowest BCUT2D eigenvalue weighted by Crippen LogP contribution is -2.43. The zero-order valence-electron chi connectivity index (χ0n) is 13.3. The summed E-state index contributed by atoms with van der Waals surface area (Å²) in [4.78, 5) is 27.6. The molecule has 1 spiro atoms. The van der Waals surface area contributed by atoms with Crippen LogP contribution in [-0.4, -0.2) is 74.5 Å². The van der Waals surface area contributed by atoms with E-state index in [1.807, 2.05) is 6.92 Å². The highest BCUT2D eigenvalue weighted by Gasteiger charge is 2.40. The lowest BCUT2D eigenvalue weighted by atomic mass is 9.87. The first-order chi connectivity index (χ1) is 10.0. The Morgan fingerprint density at radius 3 is 2.86 bits per heavy atom. The van der Waals surface area contributed by atoms with Gasteiger partial charge in [0.2, 0.25) is 11.8 Å². The first-order valence-electron chi connectivity index (χ1n) is 7.98. The second kappa shape index (κ2) is 7.22. The highest BCUT2D eigenvalue weighted by atomic mass is 16.2. The Labute approximate surface area is 127 Å². The first kappa shape index (κ1) is 16.2. The van der Waals surface area contributed by atoms with Crippen LogP contribution in [0, 0.1) is 5.41 Å². The van der Waals surface area contributed by atoms with Crippen LogP contribution in [0.4, 0.5) is 0 Å². The number of rotatable bonds is 6. The van der Waals surface area contributed by atoms with Crippen LogP contribution in [0.3, 0.4) is 0 Å². The van der Waals surface area contributed by atoms with Gasteiger partial charge in [-0.15, -0.1) is 0 Å². The minimum Gasteiger partial charge on any atom is -0.355 e. The van der Waals surface area contributed by atoms with E-state index < -0.39 is 0 Å². The van der Waals surface area contributed by atoms with Gasteiger partial charge in [-0.2, -0.15) is 0 Å². The standard InChI is InChI=1S/C15H28N4O2/c1-3-6-17-13(20)9-18(2)14(21)10-19-8-5-15(12-19)4-7-16-11-15/h16H,3-12H2,1-2H3,(H,17,20). The number of hydrogen-bond acceptors (Lipinski definition) is 4. The number of carbonyl (C=O) groups is 2. The smallest absolute Gasteiger partial charge is 0.239 e. The van der Waals surface area contributed by atoms with Crippen molar-refractivity contribution in [1.82, 2.24) is 20.4 Å². The lowest BCUT2D eigenvalue weighted by Gasteiger charge is -2.24.